The minimum atomic E-state index is -0.417. The van der Waals surface area contributed by atoms with E-state index >= 15 is 0 Å². The average Bonchev–Trinajstić information content (AvgIpc) is 3.30. The summed E-state index contributed by atoms with van der Waals surface area (Å²) in [6.45, 7) is 11.1. The number of allylic oxidation sites excluding steroid dienone is 2. The van der Waals surface area contributed by atoms with E-state index in [4.69, 9.17) is 4.98 Å². The summed E-state index contributed by atoms with van der Waals surface area (Å²) in [6.07, 6.45) is 3.33. The number of carbonyl (C=O) groups is 1. The Morgan fingerprint density at radius 2 is 1.52 bits per heavy atom. The molecule has 0 saturated carbocycles. The molecule has 3 aromatic heterocycles. The molecule has 225 valence electrons. The second-order valence-electron chi connectivity index (χ2n) is 13.0. The molecule has 0 bridgehead atoms. The first kappa shape index (κ1) is 31.9. The van der Waals surface area contributed by atoms with Crippen molar-refractivity contribution in [2.75, 3.05) is 0 Å². The normalized spacial score (nSPS) is 12.5. The van der Waals surface area contributed by atoms with Crippen LogP contribution in [0.5, 0.6) is 0 Å². The van der Waals surface area contributed by atoms with Crippen molar-refractivity contribution in [3.8, 4) is 5.69 Å². The Balaban J connectivity index is 0.000000237. The van der Waals surface area contributed by atoms with E-state index in [0.29, 0.717) is 14.5 Å². The molecule has 7 rings (SSSR count). The van der Waals surface area contributed by atoms with Crippen molar-refractivity contribution in [1.29, 1.82) is 0 Å². The van der Waals surface area contributed by atoms with Crippen LogP contribution in [0.15, 0.2) is 103 Å². The summed E-state index contributed by atoms with van der Waals surface area (Å²) in [6, 6.07) is 33.8. The first-order valence-corrected chi connectivity index (χ1v) is 16.2. The minimum absolute atomic E-state index is 0. The summed E-state index contributed by atoms with van der Waals surface area (Å²) in [4.78, 5) is 16.5. The Kier molecular flexibility index (Phi) is 8.77. The molecule has 1 radical (unpaired) electrons. The number of benzene rings is 4. The van der Waals surface area contributed by atoms with Gasteiger partial charge < -0.3 is 5.11 Å². The topological polar surface area (TPSA) is 55.1 Å². The van der Waals surface area contributed by atoms with Gasteiger partial charge in [-0.2, -0.15) is 0 Å². The van der Waals surface area contributed by atoms with Gasteiger partial charge in [0.25, 0.3) is 0 Å². The second kappa shape index (κ2) is 12.1. The maximum atomic E-state index is 11.5. The molecule has 3 heterocycles. The number of para-hydroxylation sites is 1. The fourth-order valence-electron chi connectivity index (χ4n) is 5.24. The van der Waals surface area contributed by atoms with Gasteiger partial charge in [-0.15, -0.1) is 0 Å². The molecule has 0 saturated heterocycles. The number of fused-ring (bicyclic) bond motifs is 4. The maximum absolute atomic E-state index is 11.5. The van der Waals surface area contributed by atoms with Crippen molar-refractivity contribution >= 4 is 72.3 Å². The molecule has 0 aliphatic rings. The van der Waals surface area contributed by atoms with E-state index in [2.05, 4.69) is 95.6 Å². The van der Waals surface area contributed by atoms with Crippen LogP contribution in [0.1, 0.15) is 41.5 Å². The molecule has 0 aliphatic heterocycles. The van der Waals surface area contributed by atoms with Gasteiger partial charge in [0.1, 0.15) is 5.76 Å². The Morgan fingerprint density at radius 1 is 0.841 bits per heavy atom. The Labute approximate surface area is 277 Å². The van der Waals surface area contributed by atoms with Gasteiger partial charge in [0.05, 0.1) is 0 Å². The first-order valence-electron chi connectivity index (χ1n) is 14.5. The molecule has 44 heavy (non-hydrogen) atoms. The summed E-state index contributed by atoms with van der Waals surface area (Å²) < 4.78 is 5.27. The number of aliphatic hydroxyl groups is 1. The number of rotatable bonds is 2. The van der Waals surface area contributed by atoms with Crippen molar-refractivity contribution in [3.63, 3.8) is 0 Å². The van der Waals surface area contributed by atoms with Crippen LogP contribution >= 0.6 is 0 Å². The molecular weight excluding hydrogens is 788 g/mol. The van der Waals surface area contributed by atoms with Gasteiger partial charge in [0.2, 0.25) is 0 Å². The molecule has 4 nitrogen and oxygen atoms in total. The summed E-state index contributed by atoms with van der Waals surface area (Å²) in [7, 11) is 0. The Bertz CT molecular complexity index is 2180. The predicted molar refractivity (Wildman–Crippen MR) is 181 cm³/mol. The van der Waals surface area contributed by atoms with Crippen molar-refractivity contribution in [2.24, 2.45) is 10.8 Å². The molecule has 0 spiro atoms. The molecule has 1 N–H and O–H groups in total. The van der Waals surface area contributed by atoms with Crippen LogP contribution in [0.4, 0.5) is 0 Å². The number of aromatic nitrogens is 2. The Morgan fingerprint density at radius 3 is 2.23 bits per heavy atom. The van der Waals surface area contributed by atoms with Gasteiger partial charge in [-0.25, -0.2) is 0 Å². The monoisotopic (exact) mass is 824 g/mol. The zero-order valence-electron chi connectivity index (χ0n) is 25.7. The van der Waals surface area contributed by atoms with Crippen molar-refractivity contribution in [3.05, 3.63) is 109 Å². The average molecular weight is 823 g/mol. The van der Waals surface area contributed by atoms with E-state index < -0.39 is 5.41 Å². The van der Waals surface area contributed by atoms with E-state index in [1.165, 1.54) is 36.3 Å². The number of hydrogen-bond donors (Lipinski definition) is 1. The SMILES string of the molecule is CC(C)(C)C(=O)/C=C(\O)C(C)(C)C.[Ir].[c-]1ccc2[se]c3cccc4c3c2c1c1ncc2ccccc2c1n4-c1ccccc1. The summed E-state index contributed by atoms with van der Waals surface area (Å²) in [5.74, 6) is 0.104. The van der Waals surface area contributed by atoms with Crippen molar-refractivity contribution in [1.82, 2.24) is 9.55 Å². The molecule has 0 unspecified atom stereocenters. The number of aliphatic hydroxyl groups excluding tert-OH is 1. The van der Waals surface area contributed by atoms with Gasteiger partial charge >= 0.3 is 179 Å². The molecule has 0 aliphatic carbocycles. The van der Waals surface area contributed by atoms with Gasteiger partial charge in [-0.1, -0.05) is 41.5 Å². The van der Waals surface area contributed by atoms with Crippen LogP contribution < -0.4 is 0 Å². The zero-order chi connectivity index (χ0) is 30.5. The fourth-order valence-corrected chi connectivity index (χ4v) is 7.62. The van der Waals surface area contributed by atoms with Gasteiger partial charge in [0, 0.05) is 37.0 Å². The van der Waals surface area contributed by atoms with Gasteiger partial charge in [0.15, 0.2) is 5.78 Å². The van der Waals surface area contributed by atoms with E-state index in [-0.39, 0.29) is 37.1 Å². The number of ketones is 1. The standard InChI is InChI=1S/C27H15N2Se.C11H20O2.Ir/c1-2-9-18(10-3-1)29-21-13-7-15-23-25(21)24-20(12-6-14-22(24)30-23)26-27(29)19-11-5-4-8-17(19)16-28-26;1-10(2,3)8(12)7-9(13)11(4,5)6;/h1-11,13-16H;7,12H,1-6H3;/q-1;;/b;8-7-;. The zero-order valence-corrected chi connectivity index (χ0v) is 29.8. The van der Waals surface area contributed by atoms with Crippen LogP contribution in [0.3, 0.4) is 0 Å². The molecule has 0 atom stereocenters. The molecule has 6 heteroatoms. The van der Waals surface area contributed by atoms with Crippen LogP contribution in [0.25, 0.3) is 57.7 Å². The van der Waals surface area contributed by atoms with Crippen LogP contribution in [-0.4, -0.2) is 34.9 Å². The molecule has 0 amide bonds. The summed E-state index contributed by atoms with van der Waals surface area (Å²) >= 11 is 0.307. The van der Waals surface area contributed by atoms with Gasteiger partial charge in [-0.05, 0) is 0 Å². The third-order valence-electron chi connectivity index (χ3n) is 7.70. The van der Waals surface area contributed by atoms with E-state index in [9.17, 15) is 9.90 Å². The number of pyridine rings is 1. The van der Waals surface area contributed by atoms with Crippen molar-refractivity contribution < 1.29 is 30.0 Å². The quantitative estimate of drug-likeness (QED) is 0.0819. The van der Waals surface area contributed by atoms with Crippen LogP contribution in [-0.2, 0) is 24.9 Å². The summed E-state index contributed by atoms with van der Waals surface area (Å²) in [5, 5.41) is 15.7. The number of hydrogen-bond acceptors (Lipinski definition) is 3. The molecule has 4 aromatic carbocycles. The first-order chi connectivity index (χ1) is 20.4. The third kappa shape index (κ3) is 5.80. The fraction of sp³-hybridized carbons (Fsp3) is 0.211. The van der Waals surface area contributed by atoms with Gasteiger partial charge in [-0.3, -0.25) is 4.79 Å². The second-order valence-corrected chi connectivity index (χ2v) is 15.2. The molecule has 7 aromatic rings. The van der Waals surface area contributed by atoms with E-state index in [1.54, 1.807) is 0 Å². The predicted octanol–water partition coefficient (Wildman–Crippen LogP) is 9.58. The van der Waals surface area contributed by atoms with E-state index in [1.807, 2.05) is 47.7 Å². The molecule has 0 fully saturated rings. The van der Waals surface area contributed by atoms with Crippen LogP contribution in [0, 0.1) is 16.9 Å². The number of carbonyl (C=O) groups excluding carboxylic acids is 1. The Hall–Kier alpha value is -3.53. The van der Waals surface area contributed by atoms with E-state index in [0.717, 1.165) is 27.5 Å². The third-order valence-corrected chi connectivity index (χ3v) is 10.0. The number of nitrogens with zero attached hydrogens (tertiary/aromatic N) is 2. The summed E-state index contributed by atoms with van der Waals surface area (Å²) in [5.41, 5.74) is 3.77. The van der Waals surface area contributed by atoms with Crippen LogP contribution in [0.2, 0.25) is 0 Å². The van der Waals surface area contributed by atoms with Crippen molar-refractivity contribution in [2.45, 2.75) is 41.5 Å². The molecular formula is C38H35IrN2O2Se-.